The summed E-state index contributed by atoms with van der Waals surface area (Å²) < 4.78 is 11.3. The lowest BCUT2D eigenvalue weighted by molar-refractivity contribution is -0.143. The van der Waals surface area contributed by atoms with Gasteiger partial charge in [-0.15, -0.1) is 0 Å². The Kier molecular flexibility index (Phi) is 21.0. The van der Waals surface area contributed by atoms with E-state index >= 15 is 0 Å². The summed E-state index contributed by atoms with van der Waals surface area (Å²) in [5.74, 6) is 0.0540. The Morgan fingerprint density at radius 1 is 0.456 bits per heavy atom. The number of anilines is 3. The first kappa shape index (κ1) is 69.4. The Morgan fingerprint density at radius 3 is 1.17 bits per heavy atom. The second-order valence-corrected chi connectivity index (χ2v) is 26.3. The SMILES string of the molecule is Cc1ccccc1C(=O)NCc1ccc(-c2nn(C3CCC(C(=O)O)CC3)c3ncnc(N)c23)cc1.Cc1ccccc1C(=O)NCc1ccc(-c2nn(C3CCCC(=O)C3)c3ncnc(N)c23)cc1.Cc1ccccc1C(=O)NCc1ccc(-c2nn(C3CCCOC3)c3ncnc(N)c23)cc1. The Hall–Kier alpha value is -12.1. The molecule has 25 heteroatoms. The lowest BCUT2D eigenvalue weighted by Gasteiger charge is -2.26. The number of hydrogen-bond donors (Lipinski definition) is 7. The highest BCUT2D eigenvalue weighted by molar-refractivity contribution is 6.01. The van der Waals surface area contributed by atoms with Crippen LogP contribution in [0, 0.1) is 26.7 Å². The summed E-state index contributed by atoms with van der Waals surface area (Å²) >= 11 is 0. The molecule has 10 N–H and O–H groups in total. The number of aryl methyl sites for hydroxylation is 3. The van der Waals surface area contributed by atoms with E-state index < -0.39 is 5.97 Å². The van der Waals surface area contributed by atoms with Crippen molar-refractivity contribution >= 4 is 80.0 Å². The van der Waals surface area contributed by atoms with Crippen molar-refractivity contribution < 1.29 is 33.8 Å². The lowest BCUT2D eigenvalue weighted by atomic mass is 9.86. The number of rotatable bonds is 16. The third-order valence-electron chi connectivity index (χ3n) is 19.4. The van der Waals surface area contributed by atoms with Crippen LogP contribution < -0.4 is 33.2 Å². The number of nitrogens with one attached hydrogen (secondary N) is 3. The molecular weight excluding hydrogens is 1300 g/mol. The quantitative estimate of drug-likeness (QED) is 0.0472. The minimum atomic E-state index is -0.735. The third kappa shape index (κ3) is 15.5. The molecule has 12 aromatic rings. The number of nitrogens with zero attached hydrogens (tertiary/aromatic N) is 12. The summed E-state index contributed by atoms with van der Waals surface area (Å²) in [6.07, 6.45) is 11.8. The van der Waals surface area contributed by atoms with Crippen molar-refractivity contribution in [2.75, 3.05) is 30.4 Å². The lowest BCUT2D eigenvalue weighted by Crippen LogP contribution is -2.24. The fourth-order valence-corrected chi connectivity index (χ4v) is 13.7. The maximum Gasteiger partial charge on any atom is 0.306 e. The number of aromatic nitrogens is 12. The molecule has 2 unspecified atom stereocenters. The van der Waals surface area contributed by atoms with Gasteiger partial charge in [0.05, 0.1) is 46.8 Å². The number of aliphatic carboxylic acids is 1. The topological polar surface area (TPSA) is 360 Å². The van der Waals surface area contributed by atoms with E-state index in [2.05, 4.69) is 45.9 Å². The molecule has 524 valence electrons. The summed E-state index contributed by atoms with van der Waals surface area (Å²) in [4.78, 5) is 86.9. The summed E-state index contributed by atoms with van der Waals surface area (Å²) in [7, 11) is 0. The molecule has 2 atom stereocenters. The number of ether oxygens (including phenoxy) is 1. The second kappa shape index (κ2) is 31.2. The average Bonchev–Trinajstić information content (AvgIpc) is 1.62. The summed E-state index contributed by atoms with van der Waals surface area (Å²) in [5.41, 5.74) is 33.3. The van der Waals surface area contributed by atoms with Crippen molar-refractivity contribution in [2.24, 2.45) is 5.92 Å². The number of carbonyl (C=O) groups is 5. The van der Waals surface area contributed by atoms with Gasteiger partial charge in [0.25, 0.3) is 17.7 Å². The first-order valence-electron chi connectivity index (χ1n) is 34.6. The van der Waals surface area contributed by atoms with Crippen molar-refractivity contribution in [1.82, 2.24) is 75.2 Å². The number of benzene rings is 6. The molecule has 0 spiro atoms. The van der Waals surface area contributed by atoms with Crippen LogP contribution in [0.3, 0.4) is 0 Å². The molecule has 3 fully saturated rings. The zero-order valence-corrected chi connectivity index (χ0v) is 57.5. The van der Waals surface area contributed by atoms with Crippen LogP contribution in [0.1, 0.15) is 147 Å². The molecule has 15 rings (SSSR count). The van der Waals surface area contributed by atoms with Crippen molar-refractivity contribution in [1.29, 1.82) is 0 Å². The minimum absolute atomic E-state index is 0.0253. The molecule has 1 saturated heterocycles. The number of nitrogen functional groups attached to an aromatic ring is 3. The fraction of sp³-hybridized carbons (Fsp3) is 0.282. The van der Waals surface area contributed by atoms with E-state index in [4.69, 9.17) is 37.2 Å². The number of carboxylic acids is 1. The normalized spacial score (nSPS) is 16.6. The number of Topliss-reactive ketones (excluding diaryl/α,β-unsaturated/α-hetero) is 1. The fourth-order valence-electron chi connectivity index (χ4n) is 13.7. The molecule has 3 aliphatic rings. The van der Waals surface area contributed by atoms with Crippen molar-refractivity contribution in [2.45, 2.75) is 123 Å². The molecule has 103 heavy (non-hydrogen) atoms. The number of carbonyl (C=O) groups excluding carboxylic acids is 4. The Balaban J connectivity index is 0.000000138. The molecule has 3 amide bonds. The highest BCUT2D eigenvalue weighted by Crippen LogP contribution is 2.40. The molecule has 6 aromatic carbocycles. The smallest absolute Gasteiger partial charge is 0.306 e. The molecule has 6 aromatic heterocycles. The first-order valence-corrected chi connectivity index (χ1v) is 34.6. The van der Waals surface area contributed by atoms with Crippen LogP contribution in [-0.2, 0) is 34.0 Å². The van der Waals surface area contributed by atoms with Crippen LogP contribution >= 0.6 is 0 Å². The maximum atomic E-state index is 12.5. The number of nitrogens with two attached hydrogens (primary N) is 3. The van der Waals surface area contributed by atoms with Crippen LogP contribution in [0.15, 0.2) is 165 Å². The van der Waals surface area contributed by atoms with Gasteiger partial charge in [-0.3, -0.25) is 24.0 Å². The van der Waals surface area contributed by atoms with E-state index in [1.165, 1.54) is 19.0 Å². The van der Waals surface area contributed by atoms with Gasteiger partial charge in [0.2, 0.25) is 0 Å². The predicted octanol–water partition coefficient (Wildman–Crippen LogP) is 11.8. The van der Waals surface area contributed by atoms with Gasteiger partial charge in [-0.25, -0.2) is 43.9 Å². The summed E-state index contributed by atoms with van der Waals surface area (Å²) in [6.45, 7) is 8.42. The van der Waals surface area contributed by atoms with Gasteiger partial charge in [0.1, 0.15) is 59.3 Å². The van der Waals surface area contributed by atoms with Crippen molar-refractivity contribution in [3.8, 4) is 33.8 Å². The number of ketones is 1. The standard InChI is InChI=1S/C27H28N6O3.C26H26N6O2.C25H26N6O2/c1-16-4-2-3-5-21(16)26(34)29-14-17-6-8-18(9-7-17)23-22-24(28)30-15-31-25(22)33(32-23)20-12-10-19(11-13-20)27(35)36;1-16-5-2-3-8-21(16)26(34)28-14-17-9-11-18(12-10-17)23-22-24(27)29-15-30-25(22)32(31-23)19-6-4-7-20(33)13-19;1-16-5-2-3-7-20(16)25(32)27-13-17-8-10-18(11-9-17)22-21-23(26)28-15-29-24(21)31(30-22)19-6-4-12-33-14-19/h2-9,15,19-20H,10-14H2,1H3,(H,29,34)(H,35,36)(H2,28,30,31);2-3,5,8-12,15,19H,4,6-7,13-14H2,1H3,(H,28,34)(H2,27,29,30);2-3,5,7-11,15,19H,4,6,12-14H2,1H3,(H,27,32)(H2,26,28,29). The highest BCUT2D eigenvalue weighted by atomic mass is 16.5. The van der Waals surface area contributed by atoms with Crippen LogP contribution in [-0.4, -0.2) is 107 Å². The van der Waals surface area contributed by atoms with E-state index in [0.717, 1.165) is 112 Å². The summed E-state index contributed by atoms with van der Waals surface area (Å²) in [5, 5.41) is 35.0. The maximum absolute atomic E-state index is 12.5. The number of amides is 3. The molecule has 0 radical (unpaired) electrons. The van der Waals surface area contributed by atoms with E-state index in [1.54, 1.807) is 0 Å². The molecule has 2 saturated carbocycles. The third-order valence-corrected chi connectivity index (χ3v) is 19.4. The molecular formula is C78H80N18O7. The second-order valence-electron chi connectivity index (χ2n) is 26.3. The number of carboxylic acid groups (broad SMARTS) is 1. The largest absolute Gasteiger partial charge is 0.481 e. The Bertz CT molecular complexity index is 5100. The van der Waals surface area contributed by atoms with Gasteiger partial charge in [0, 0.05) is 72.5 Å². The van der Waals surface area contributed by atoms with E-state index in [1.807, 2.05) is 180 Å². The highest BCUT2D eigenvalue weighted by Gasteiger charge is 2.31. The van der Waals surface area contributed by atoms with Crippen LogP contribution in [0.25, 0.3) is 66.9 Å². The van der Waals surface area contributed by atoms with Crippen LogP contribution in [0.4, 0.5) is 17.5 Å². The molecule has 1 aliphatic heterocycles. The van der Waals surface area contributed by atoms with Gasteiger partial charge in [-0.05, 0) is 124 Å². The Labute approximate surface area is 593 Å². The van der Waals surface area contributed by atoms with Gasteiger partial charge < -0.3 is 43.0 Å². The van der Waals surface area contributed by atoms with Gasteiger partial charge >= 0.3 is 5.97 Å². The Morgan fingerprint density at radius 2 is 0.816 bits per heavy atom. The van der Waals surface area contributed by atoms with Crippen molar-refractivity contribution in [3.63, 3.8) is 0 Å². The molecule has 25 nitrogen and oxygen atoms in total. The van der Waals surface area contributed by atoms with Crippen LogP contribution in [0.2, 0.25) is 0 Å². The molecule has 0 bridgehead atoms. The van der Waals surface area contributed by atoms with Gasteiger partial charge in [-0.1, -0.05) is 127 Å². The van der Waals surface area contributed by atoms with Crippen LogP contribution in [0.5, 0.6) is 0 Å². The van der Waals surface area contributed by atoms with Crippen molar-refractivity contribution in [3.05, 3.63) is 215 Å². The van der Waals surface area contributed by atoms with Gasteiger partial charge in [-0.2, -0.15) is 15.3 Å². The van der Waals surface area contributed by atoms with E-state index in [9.17, 15) is 29.1 Å². The molecule has 2 aliphatic carbocycles. The van der Waals surface area contributed by atoms with E-state index in [-0.39, 0.29) is 47.5 Å². The number of hydrogen-bond acceptors (Lipinski definition) is 18. The zero-order valence-electron chi connectivity index (χ0n) is 57.5. The number of fused-ring (bicyclic) bond motifs is 3. The average molecular weight is 1380 g/mol. The monoisotopic (exact) mass is 1380 g/mol. The zero-order chi connectivity index (χ0) is 71.7. The first-order chi connectivity index (χ1) is 50.0. The predicted molar refractivity (Wildman–Crippen MR) is 393 cm³/mol. The van der Waals surface area contributed by atoms with Gasteiger partial charge in [0.15, 0.2) is 16.9 Å². The summed E-state index contributed by atoms with van der Waals surface area (Å²) in [6, 6.07) is 46.3. The molecule has 7 heterocycles. The van der Waals surface area contributed by atoms with E-state index in [0.29, 0.717) is 120 Å². The minimum Gasteiger partial charge on any atom is -0.481 e.